The summed E-state index contributed by atoms with van der Waals surface area (Å²) in [6, 6.07) is 13.7. The van der Waals surface area contributed by atoms with Gasteiger partial charge in [-0.25, -0.2) is 9.18 Å². The van der Waals surface area contributed by atoms with Crippen LogP contribution in [0.1, 0.15) is 0 Å². The van der Waals surface area contributed by atoms with E-state index in [1.165, 1.54) is 16.7 Å². The van der Waals surface area contributed by atoms with E-state index in [9.17, 15) is 9.18 Å². The zero-order valence-electron chi connectivity index (χ0n) is 10.9. The molecule has 0 saturated carbocycles. The van der Waals surface area contributed by atoms with Gasteiger partial charge in [0.1, 0.15) is 5.82 Å². The summed E-state index contributed by atoms with van der Waals surface area (Å²) in [5, 5.41) is 0.943. The smallest absolute Gasteiger partial charge is 0.305 e. The molecule has 102 valence electrons. The van der Waals surface area contributed by atoms with E-state index >= 15 is 0 Å². The number of aromatic nitrogens is 3. The molecule has 21 heavy (non-hydrogen) atoms. The molecule has 4 rings (SSSR count). The molecule has 0 bridgehead atoms. The summed E-state index contributed by atoms with van der Waals surface area (Å²) < 4.78 is 14.8. The molecule has 0 atom stereocenters. The van der Waals surface area contributed by atoms with E-state index in [0.29, 0.717) is 16.7 Å². The van der Waals surface area contributed by atoms with Gasteiger partial charge in [-0.1, -0.05) is 18.2 Å². The first-order valence-corrected chi connectivity index (χ1v) is 6.48. The number of nitrogens with one attached hydrogen (secondary N) is 1. The van der Waals surface area contributed by atoms with E-state index < -0.39 is 0 Å². The van der Waals surface area contributed by atoms with Gasteiger partial charge in [0, 0.05) is 11.6 Å². The van der Waals surface area contributed by atoms with Gasteiger partial charge in [0.05, 0.1) is 22.2 Å². The monoisotopic (exact) mass is 279 g/mol. The van der Waals surface area contributed by atoms with Gasteiger partial charge in [0.2, 0.25) is 0 Å². The van der Waals surface area contributed by atoms with Crippen molar-refractivity contribution >= 4 is 21.9 Å². The first-order valence-electron chi connectivity index (χ1n) is 6.48. The van der Waals surface area contributed by atoms with Crippen LogP contribution in [0.5, 0.6) is 0 Å². The molecule has 5 heteroatoms. The Bertz CT molecular complexity index is 1030. The first-order chi connectivity index (χ1) is 10.2. The summed E-state index contributed by atoms with van der Waals surface area (Å²) >= 11 is 0. The van der Waals surface area contributed by atoms with E-state index in [1.54, 1.807) is 12.3 Å². The molecular weight excluding hydrogens is 269 g/mol. The lowest BCUT2D eigenvalue weighted by Gasteiger charge is -2.06. The van der Waals surface area contributed by atoms with Crippen LogP contribution in [0, 0.1) is 5.82 Å². The van der Waals surface area contributed by atoms with Crippen LogP contribution < -0.4 is 5.69 Å². The molecule has 0 amide bonds. The second kappa shape index (κ2) is 4.28. The Morgan fingerprint density at radius 3 is 2.86 bits per heavy atom. The number of halogens is 1. The van der Waals surface area contributed by atoms with Crippen molar-refractivity contribution in [1.29, 1.82) is 0 Å². The maximum atomic E-state index is 13.3. The molecule has 2 aromatic heterocycles. The molecule has 0 aliphatic carbocycles. The molecule has 2 heterocycles. The number of nitrogens with zero attached hydrogens (tertiary/aromatic N) is 2. The zero-order valence-corrected chi connectivity index (χ0v) is 10.9. The van der Waals surface area contributed by atoms with E-state index in [2.05, 4.69) is 9.97 Å². The predicted molar refractivity (Wildman–Crippen MR) is 79.2 cm³/mol. The minimum absolute atomic E-state index is 0.311. The lowest BCUT2D eigenvalue weighted by molar-refractivity contribution is 0.629. The van der Waals surface area contributed by atoms with E-state index in [0.717, 1.165) is 10.9 Å². The molecule has 4 nitrogen and oxygen atoms in total. The summed E-state index contributed by atoms with van der Waals surface area (Å²) in [5.41, 5.74) is 2.18. The third-order valence-corrected chi connectivity index (χ3v) is 3.50. The fourth-order valence-corrected chi connectivity index (χ4v) is 2.59. The fraction of sp³-hybridized carbons (Fsp3) is 0. The molecule has 2 aromatic carbocycles. The Kier molecular flexibility index (Phi) is 2.41. The third kappa shape index (κ3) is 1.74. The Morgan fingerprint density at radius 2 is 1.95 bits per heavy atom. The summed E-state index contributed by atoms with van der Waals surface area (Å²) in [5.74, 6) is -0.382. The summed E-state index contributed by atoms with van der Waals surface area (Å²) in [6.45, 7) is 0. The van der Waals surface area contributed by atoms with E-state index in [1.807, 2.05) is 30.3 Å². The van der Waals surface area contributed by atoms with Crippen molar-refractivity contribution in [2.24, 2.45) is 0 Å². The van der Waals surface area contributed by atoms with Gasteiger partial charge in [0.15, 0.2) is 0 Å². The van der Waals surface area contributed by atoms with Crippen LogP contribution in [0.25, 0.3) is 27.6 Å². The number of benzene rings is 2. The molecule has 0 fully saturated rings. The predicted octanol–water partition coefficient (Wildman–Crippen LogP) is 3.01. The number of para-hydroxylation sites is 1. The van der Waals surface area contributed by atoms with Crippen LogP contribution in [-0.2, 0) is 0 Å². The maximum Gasteiger partial charge on any atom is 0.331 e. The molecule has 4 aromatic rings. The second-order valence-corrected chi connectivity index (χ2v) is 4.78. The number of hydrogen-bond donors (Lipinski definition) is 1. The molecule has 0 aliphatic rings. The van der Waals surface area contributed by atoms with Gasteiger partial charge in [0.25, 0.3) is 0 Å². The minimum atomic E-state index is -0.382. The van der Waals surface area contributed by atoms with Crippen LogP contribution in [0.4, 0.5) is 4.39 Å². The van der Waals surface area contributed by atoms with Crippen molar-refractivity contribution in [1.82, 2.24) is 14.5 Å². The number of pyridine rings is 1. The zero-order chi connectivity index (χ0) is 14.4. The van der Waals surface area contributed by atoms with Gasteiger partial charge in [-0.15, -0.1) is 0 Å². The number of aromatic amines is 1. The summed E-state index contributed by atoms with van der Waals surface area (Å²) in [7, 11) is 0. The number of hydrogen-bond acceptors (Lipinski definition) is 2. The Balaban J connectivity index is 2.14. The van der Waals surface area contributed by atoms with Crippen molar-refractivity contribution in [2.75, 3.05) is 0 Å². The molecule has 0 unspecified atom stereocenters. The van der Waals surface area contributed by atoms with Gasteiger partial charge in [-0.05, 0) is 30.3 Å². The van der Waals surface area contributed by atoms with Crippen molar-refractivity contribution < 1.29 is 4.39 Å². The highest BCUT2D eigenvalue weighted by Gasteiger charge is 2.12. The average molecular weight is 279 g/mol. The van der Waals surface area contributed by atoms with Crippen LogP contribution in [0.15, 0.2) is 59.5 Å². The molecule has 0 aliphatic heterocycles. The van der Waals surface area contributed by atoms with Gasteiger partial charge < -0.3 is 4.98 Å². The highest BCUT2D eigenvalue weighted by Crippen LogP contribution is 2.22. The fourth-order valence-electron chi connectivity index (χ4n) is 2.59. The van der Waals surface area contributed by atoms with E-state index in [4.69, 9.17) is 0 Å². The summed E-state index contributed by atoms with van der Waals surface area (Å²) in [6.07, 6.45) is 1.69. The standard InChI is InChI=1S/C16H10FN3O/c17-11-6-7-13-12(9-11)19-16(21)20(13)14-5-1-3-10-4-2-8-18-15(10)14/h1-9H,(H,19,21). The maximum absolute atomic E-state index is 13.3. The highest BCUT2D eigenvalue weighted by atomic mass is 19.1. The van der Waals surface area contributed by atoms with Gasteiger partial charge in [-0.3, -0.25) is 9.55 Å². The molecule has 0 saturated heterocycles. The Hall–Kier alpha value is -2.95. The topological polar surface area (TPSA) is 50.7 Å². The normalized spacial score (nSPS) is 11.3. The van der Waals surface area contributed by atoms with Crippen LogP contribution in [0.2, 0.25) is 0 Å². The highest BCUT2D eigenvalue weighted by molar-refractivity contribution is 5.89. The Morgan fingerprint density at radius 1 is 1.10 bits per heavy atom. The number of imidazole rings is 1. The van der Waals surface area contributed by atoms with Crippen molar-refractivity contribution in [3.05, 3.63) is 71.0 Å². The largest absolute Gasteiger partial charge is 0.331 e. The lowest BCUT2D eigenvalue weighted by atomic mass is 10.2. The van der Waals surface area contributed by atoms with Crippen LogP contribution in [-0.4, -0.2) is 14.5 Å². The molecule has 0 spiro atoms. The van der Waals surface area contributed by atoms with Crippen LogP contribution >= 0.6 is 0 Å². The Labute approximate surface area is 118 Å². The van der Waals surface area contributed by atoms with Crippen molar-refractivity contribution in [2.45, 2.75) is 0 Å². The molecular formula is C16H10FN3O. The minimum Gasteiger partial charge on any atom is -0.305 e. The molecule has 1 N–H and O–H groups in total. The summed E-state index contributed by atoms with van der Waals surface area (Å²) in [4.78, 5) is 19.3. The SMILES string of the molecule is O=c1[nH]c2cc(F)ccc2n1-c1cccc2cccnc12. The quantitative estimate of drug-likeness (QED) is 0.582. The lowest BCUT2D eigenvalue weighted by Crippen LogP contribution is -2.15. The first kappa shape index (κ1) is 11.8. The van der Waals surface area contributed by atoms with Crippen molar-refractivity contribution in [3.63, 3.8) is 0 Å². The number of rotatable bonds is 1. The molecule has 0 radical (unpaired) electrons. The average Bonchev–Trinajstić information content (AvgIpc) is 2.81. The number of fused-ring (bicyclic) bond motifs is 2. The van der Waals surface area contributed by atoms with Gasteiger partial charge in [-0.2, -0.15) is 0 Å². The van der Waals surface area contributed by atoms with Gasteiger partial charge >= 0.3 is 5.69 Å². The van der Waals surface area contributed by atoms with E-state index in [-0.39, 0.29) is 11.5 Å². The van der Waals surface area contributed by atoms with Crippen molar-refractivity contribution in [3.8, 4) is 5.69 Å². The second-order valence-electron chi connectivity index (χ2n) is 4.78. The van der Waals surface area contributed by atoms with Crippen LogP contribution in [0.3, 0.4) is 0 Å². The number of H-pyrrole nitrogens is 1. The third-order valence-electron chi connectivity index (χ3n) is 3.50.